The first-order valence-corrected chi connectivity index (χ1v) is 14.2. The maximum absolute atomic E-state index is 13.6. The number of alkyl halides is 2. The van der Waals surface area contributed by atoms with Gasteiger partial charge in [-0.1, -0.05) is 19.4 Å². The van der Waals surface area contributed by atoms with Crippen molar-refractivity contribution in [1.29, 1.82) is 0 Å². The van der Waals surface area contributed by atoms with Crippen LogP contribution in [0.2, 0.25) is 0 Å². The van der Waals surface area contributed by atoms with Crippen LogP contribution in [0.25, 0.3) is 10.9 Å². The van der Waals surface area contributed by atoms with Gasteiger partial charge >= 0.3 is 6.09 Å². The molecule has 2 aliphatic heterocycles. The van der Waals surface area contributed by atoms with E-state index in [9.17, 15) is 28.0 Å². The van der Waals surface area contributed by atoms with Crippen LogP contribution in [0.3, 0.4) is 0 Å². The lowest BCUT2D eigenvalue weighted by atomic mass is 10.1. The highest BCUT2D eigenvalue weighted by Crippen LogP contribution is 2.30. The minimum atomic E-state index is -2.92. The second-order valence-corrected chi connectivity index (χ2v) is 10.7. The fourth-order valence-electron chi connectivity index (χ4n) is 4.83. The molecule has 4 rings (SSSR count). The SMILES string of the molecule is CCCCOC(=O)N1CCN(C(=O)CNC(=O)c2cc(O[C@H](C)C(=O)N3CCC(F)(F)C3)c3ccc(C)cc3n2)CC1. The summed E-state index contributed by atoms with van der Waals surface area (Å²) in [6.07, 6.45) is -0.154. The highest BCUT2D eigenvalue weighted by molar-refractivity contribution is 5.98. The molecule has 1 N–H and O–H groups in total. The molecule has 228 valence electrons. The molecule has 13 heteroatoms. The second-order valence-electron chi connectivity index (χ2n) is 10.7. The Hall–Kier alpha value is -4.03. The number of carbonyl (C=O) groups is 4. The lowest BCUT2D eigenvalue weighted by molar-refractivity contribution is -0.138. The predicted octanol–water partition coefficient (Wildman–Crippen LogP) is 2.99. The molecule has 2 aromatic rings. The van der Waals surface area contributed by atoms with Crippen molar-refractivity contribution < 1.29 is 37.4 Å². The first-order valence-electron chi connectivity index (χ1n) is 14.2. The molecule has 0 unspecified atom stereocenters. The van der Waals surface area contributed by atoms with E-state index >= 15 is 0 Å². The lowest BCUT2D eigenvalue weighted by Crippen LogP contribution is -2.52. The van der Waals surface area contributed by atoms with E-state index in [1.54, 1.807) is 21.9 Å². The van der Waals surface area contributed by atoms with Crippen LogP contribution in [0.1, 0.15) is 49.2 Å². The summed E-state index contributed by atoms with van der Waals surface area (Å²) in [5.74, 6) is -4.22. The average molecular weight is 590 g/mol. The Kier molecular flexibility index (Phi) is 9.79. The van der Waals surface area contributed by atoms with Gasteiger partial charge in [-0.15, -0.1) is 0 Å². The van der Waals surface area contributed by atoms with Crippen molar-refractivity contribution in [3.8, 4) is 5.75 Å². The molecular formula is C29H37F2N5O6. The minimum Gasteiger partial charge on any atom is -0.480 e. The number of nitrogens with zero attached hydrogens (tertiary/aromatic N) is 4. The number of aromatic nitrogens is 1. The van der Waals surface area contributed by atoms with Gasteiger partial charge in [0.2, 0.25) is 5.91 Å². The summed E-state index contributed by atoms with van der Waals surface area (Å²) < 4.78 is 38.4. The Morgan fingerprint density at radius 2 is 1.76 bits per heavy atom. The van der Waals surface area contributed by atoms with Gasteiger partial charge in [0.25, 0.3) is 17.7 Å². The van der Waals surface area contributed by atoms with Crippen LogP contribution in [0.5, 0.6) is 5.75 Å². The average Bonchev–Trinajstić information content (AvgIpc) is 3.34. The molecule has 1 atom stereocenters. The molecule has 11 nitrogen and oxygen atoms in total. The number of piperazine rings is 1. The monoisotopic (exact) mass is 589 g/mol. The summed E-state index contributed by atoms with van der Waals surface area (Å²) in [6.45, 7) is 6.02. The number of fused-ring (bicyclic) bond motifs is 1. The number of ether oxygens (including phenoxy) is 2. The molecule has 2 fully saturated rings. The number of benzene rings is 1. The lowest BCUT2D eigenvalue weighted by Gasteiger charge is -2.34. The summed E-state index contributed by atoms with van der Waals surface area (Å²) in [7, 11) is 0. The number of likely N-dealkylation sites (tertiary alicyclic amines) is 1. The van der Waals surface area contributed by atoms with Gasteiger partial charge in [0.1, 0.15) is 11.4 Å². The van der Waals surface area contributed by atoms with E-state index in [1.165, 1.54) is 13.0 Å². The molecule has 0 saturated carbocycles. The molecule has 0 bridgehead atoms. The number of pyridine rings is 1. The quantitative estimate of drug-likeness (QED) is 0.447. The van der Waals surface area contributed by atoms with Gasteiger partial charge in [-0.05, 0) is 38.0 Å². The number of unbranched alkanes of at least 4 members (excludes halogenated alkanes) is 1. The molecule has 1 aromatic carbocycles. The molecule has 42 heavy (non-hydrogen) atoms. The molecule has 2 aliphatic rings. The number of hydrogen-bond donors (Lipinski definition) is 1. The zero-order valence-corrected chi connectivity index (χ0v) is 24.2. The van der Waals surface area contributed by atoms with Crippen LogP contribution in [0.15, 0.2) is 24.3 Å². The molecule has 0 aliphatic carbocycles. The van der Waals surface area contributed by atoms with Gasteiger partial charge < -0.3 is 29.5 Å². The number of aryl methyl sites for hydroxylation is 1. The fraction of sp³-hybridized carbons (Fsp3) is 0.552. The molecular weight excluding hydrogens is 552 g/mol. The standard InChI is InChI=1S/C29H37F2N5O6/c1-4-5-14-41-28(40)35-12-10-34(11-13-35)25(37)17-32-26(38)23-16-24(21-7-6-19(2)15-22(21)33-23)42-20(3)27(39)36-9-8-29(30,31)18-36/h6-7,15-16,20H,4-5,8-14,17-18H2,1-3H3,(H,32,38)/t20-/m1/s1. The van der Waals surface area contributed by atoms with Gasteiger partial charge in [0, 0.05) is 50.6 Å². The van der Waals surface area contributed by atoms with Crippen molar-refractivity contribution in [3.05, 3.63) is 35.5 Å². The summed E-state index contributed by atoms with van der Waals surface area (Å²) in [4.78, 5) is 59.4. The zero-order valence-electron chi connectivity index (χ0n) is 24.2. The normalized spacial score (nSPS) is 17.2. The van der Waals surface area contributed by atoms with Crippen molar-refractivity contribution in [3.63, 3.8) is 0 Å². The Morgan fingerprint density at radius 3 is 2.43 bits per heavy atom. The van der Waals surface area contributed by atoms with Gasteiger partial charge in [0.15, 0.2) is 6.10 Å². The zero-order chi connectivity index (χ0) is 30.4. The summed E-state index contributed by atoms with van der Waals surface area (Å²) >= 11 is 0. The molecule has 2 saturated heterocycles. The Balaban J connectivity index is 1.38. The predicted molar refractivity (Wildman–Crippen MR) is 149 cm³/mol. The van der Waals surface area contributed by atoms with Gasteiger partial charge in [-0.3, -0.25) is 14.4 Å². The number of halogens is 2. The molecule has 4 amide bonds. The number of hydrogen-bond acceptors (Lipinski definition) is 7. The van der Waals surface area contributed by atoms with Gasteiger partial charge in [-0.2, -0.15) is 0 Å². The summed E-state index contributed by atoms with van der Waals surface area (Å²) in [6, 6.07) is 6.71. The maximum atomic E-state index is 13.6. The van der Waals surface area contributed by atoms with E-state index in [2.05, 4.69) is 10.3 Å². The van der Waals surface area contributed by atoms with Gasteiger partial charge in [-0.25, -0.2) is 18.6 Å². The van der Waals surface area contributed by atoms with Crippen LogP contribution in [-0.4, -0.2) is 108 Å². The van der Waals surface area contributed by atoms with E-state index < -0.39 is 42.9 Å². The topological polar surface area (TPSA) is 121 Å². The number of rotatable bonds is 9. The van der Waals surface area contributed by atoms with Crippen molar-refractivity contribution in [2.24, 2.45) is 0 Å². The van der Waals surface area contributed by atoms with Crippen molar-refractivity contribution in [1.82, 2.24) is 25.0 Å². The first-order chi connectivity index (χ1) is 20.0. The largest absolute Gasteiger partial charge is 0.480 e. The van der Waals surface area contributed by atoms with E-state index in [0.717, 1.165) is 23.3 Å². The van der Waals surface area contributed by atoms with Crippen molar-refractivity contribution in [2.45, 2.75) is 52.1 Å². The van der Waals surface area contributed by atoms with Crippen LogP contribution < -0.4 is 10.1 Å². The van der Waals surface area contributed by atoms with E-state index in [4.69, 9.17) is 9.47 Å². The van der Waals surface area contributed by atoms with Crippen LogP contribution >= 0.6 is 0 Å². The maximum Gasteiger partial charge on any atom is 0.409 e. The molecule has 0 spiro atoms. The van der Waals surface area contributed by atoms with Crippen molar-refractivity contribution >= 4 is 34.7 Å². The van der Waals surface area contributed by atoms with Crippen LogP contribution in [0.4, 0.5) is 13.6 Å². The third-order valence-electron chi connectivity index (χ3n) is 7.31. The number of amides is 4. The third-order valence-corrected chi connectivity index (χ3v) is 7.31. The molecule has 1 aromatic heterocycles. The van der Waals surface area contributed by atoms with E-state index in [0.29, 0.717) is 43.7 Å². The Bertz CT molecular complexity index is 1330. The Morgan fingerprint density at radius 1 is 1.05 bits per heavy atom. The summed E-state index contributed by atoms with van der Waals surface area (Å²) in [5, 5.41) is 3.14. The minimum absolute atomic E-state index is 0.0251. The Labute approximate surface area is 243 Å². The van der Waals surface area contributed by atoms with Crippen molar-refractivity contribution in [2.75, 3.05) is 52.4 Å². The highest BCUT2D eigenvalue weighted by Gasteiger charge is 2.41. The second kappa shape index (κ2) is 13.3. The number of carbonyl (C=O) groups excluding carboxylic acids is 4. The van der Waals surface area contributed by atoms with E-state index in [1.807, 2.05) is 19.9 Å². The van der Waals surface area contributed by atoms with Crippen LogP contribution in [0, 0.1) is 6.92 Å². The highest BCUT2D eigenvalue weighted by atomic mass is 19.3. The van der Waals surface area contributed by atoms with Gasteiger partial charge in [0.05, 0.1) is 25.2 Å². The first kappa shape index (κ1) is 30.9. The van der Waals surface area contributed by atoms with Crippen LogP contribution in [-0.2, 0) is 14.3 Å². The third kappa shape index (κ3) is 7.62. The fourth-order valence-corrected chi connectivity index (χ4v) is 4.83. The smallest absolute Gasteiger partial charge is 0.409 e. The number of nitrogens with one attached hydrogen (secondary N) is 1. The summed E-state index contributed by atoms with van der Waals surface area (Å²) in [5.41, 5.74) is 1.30. The van der Waals surface area contributed by atoms with E-state index in [-0.39, 0.29) is 30.4 Å². The molecule has 3 heterocycles. The molecule has 0 radical (unpaired) electrons.